The molecule has 4 nitrogen and oxygen atoms in total. The van der Waals surface area contributed by atoms with Crippen molar-refractivity contribution in [2.45, 2.75) is 45.1 Å². The molecule has 1 saturated carbocycles. The van der Waals surface area contributed by atoms with Crippen molar-refractivity contribution in [2.75, 3.05) is 13.1 Å². The first kappa shape index (κ1) is 11.4. The molecule has 16 heavy (non-hydrogen) atoms. The topological polar surface area (TPSA) is 49.4 Å². The van der Waals surface area contributed by atoms with E-state index in [0.717, 1.165) is 38.6 Å². The molecule has 1 aliphatic heterocycles. The molecule has 90 valence electrons. The van der Waals surface area contributed by atoms with Crippen LogP contribution in [-0.2, 0) is 9.59 Å². The summed E-state index contributed by atoms with van der Waals surface area (Å²) >= 11 is 0. The molecule has 2 rings (SSSR count). The Morgan fingerprint density at radius 3 is 2.69 bits per heavy atom. The summed E-state index contributed by atoms with van der Waals surface area (Å²) < 4.78 is 0. The van der Waals surface area contributed by atoms with Crippen LogP contribution in [0.1, 0.15) is 39.0 Å². The first-order chi connectivity index (χ1) is 7.74. The van der Waals surface area contributed by atoms with Gasteiger partial charge in [0.25, 0.3) is 0 Å². The van der Waals surface area contributed by atoms with Crippen LogP contribution in [0.4, 0.5) is 0 Å². The highest BCUT2D eigenvalue weighted by atomic mass is 16.2. The molecule has 1 unspecified atom stereocenters. The molecule has 1 aliphatic carbocycles. The summed E-state index contributed by atoms with van der Waals surface area (Å²) in [6, 6.07) is -0.168. The molecule has 0 bridgehead atoms. The van der Waals surface area contributed by atoms with Crippen molar-refractivity contribution in [2.24, 2.45) is 5.92 Å². The monoisotopic (exact) mass is 224 g/mol. The van der Waals surface area contributed by atoms with Gasteiger partial charge >= 0.3 is 0 Å². The Balaban J connectivity index is 1.97. The zero-order valence-corrected chi connectivity index (χ0v) is 9.87. The van der Waals surface area contributed by atoms with E-state index < -0.39 is 0 Å². The van der Waals surface area contributed by atoms with Gasteiger partial charge in [0.1, 0.15) is 6.04 Å². The van der Waals surface area contributed by atoms with Crippen molar-refractivity contribution in [3.05, 3.63) is 0 Å². The van der Waals surface area contributed by atoms with Gasteiger partial charge in [0, 0.05) is 6.54 Å². The van der Waals surface area contributed by atoms with Crippen molar-refractivity contribution < 1.29 is 9.59 Å². The second kappa shape index (κ2) is 4.85. The number of nitrogens with one attached hydrogen (secondary N) is 1. The summed E-state index contributed by atoms with van der Waals surface area (Å²) in [4.78, 5) is 25.4. The fraction of sp³-hybridized carbons (Fsp3) is 0.833. The number of nitrogens with zero attached hydrogens (tertiary/aromatic N) is 1. The Morgan fingerprint density at radius 2 is 2.06 bits per heavy atom. The van der Waals surface area contributed by atoms with Gasteiger partial charge in [-0.1, -0.05) is 19.8 Å². The van der Waals surface area contributed by atoms with Crippen molar-refractivity contribution in [3.8, 4) is 0 Å². The van der Waals surface area contributed by atoms with Crippen LogP contribution in [-0.4, -0.2) is 35.8 Å². The molecule has 4 heteroatoms. The van der Waals surface area contributed by atoms with Gasteiger partial charge < -0.3 is 10.2 Å². The van der Waals surface area contributed by atoms with E-state index in [9.17, 15) is 9.59 Å². The van der Waals surface area contributed by atoms with E-state index in [1.807, 2.05) is 4.90 Å². The average molecular weight is 224 g/mol. The van der Waals surface area contributed by atoms with Gasteiger partial charge in [-0.15, -0.1) is 0 Å². The average Bonchev–Trinajstić information content (AvgIpc) is 3.07. The van der Waals surface area contributed by atoms with Crippen LogP contribution < -0.4 is 5.32 Å². The zero-order chi connectivity index (χ0) is 11.5. The molecular weight excluding hydrogens is 204 g/mol. The molecule has 0 aromatic heterocycles. The third-order valence-electron chi connectivity index (χ3n) is 3.41. The molecule has 1 heterocycles. The van der Waals surface area contributed by atoms with Crippen molar-refractivity contribution in [3.63, 3.8) is 0 Å². The van der Waals surface area contributed by atoms with Crippen LogP contribution in [0.15, 0.2) is 0 Å². The van der Waals surface area contributed by atoms with Crippen LogP contribution in [0.5, 0.6) is 0 Å². The molecule has 2 fully saturated rings. The van der Waals surface area contributed by atoms with Gasteiger partial charge in [0.2, 0.25) is 11.8 Å². The number of carbonyl (C=O) groups is 2. The molecular formula is C12H20N2O2. The fourth-order valence-corrected chi connectivity index (χ4v) is 2.34. The van der Waals surface area contributed by atoms with E-state index in [-0.39, 0.29) is 24.4 Å². The maximum Gasteiger partial charge on any atom is 0.243 e. The Bertz CT molecular complexity index is 287. The number of carbonyl (C=O) groups excluding carboxylic acids is 2. The van der Waals surface area contributed by atoms with E-state index >= 15 is 0 Å². The Hall–Kier alpha value is -1.06. The van der Waals surface area contributed by atoms with Crippen molar-refractivity contribution in [1.29, 1.82) is 0 Å². The van der Waals surface area contributed by atoms with Crippen LogP contribution in [0.3, 0.4) is 0 Å². The van der Waals surface area contributed by atoms with Crippen LogP contribution in [0, 0.1) is 5.92 Å². The maximum atomic E-state index is 11.8. The Labute approximate surface area is 96.4 Å². The third-order valence-corrected chi connectivity index (χ3v) is 3.41. The smallest absolute Gasteiger partial charge is 0.243 e. The summed E-state index contributed by atoms with van der Waals surface area (Å²) in [6.45, 7) is 3.08. The van der Waals surface area contributed by atoms with Gasteiger partial charge in [-0.3, -0.25) is 9.59 Å². The predicted molar refractivity (Wildman–Crippen MR) is 60.8 cm³/mol. The van der Waals surface area contributed by atoms with Crippen molar-refractivity contribution in [1.82, 2.24) is 10.2 Å². The van der Waals surface area contributed by atoms with E-state index in [1.165, 1.54) is 0 Å². The molecule has 0 spiro atoms. The van der Waals surface area contributed by atoms with E-state index in [1.54, 1.807) is 0 Å². The van der Waals surface area contributed by atoms with Gasteiger partial charge in [-0.25, -0.2) is 0 Å². The number of piperazine rings is 1. The zero-order valence-electron chi connectivity index (χ0n) is 9.87. The highest BCUT2D eigenvalue weighted by Gasteiger charge is 2.44. The maximum absolute atomic E-state index is 11.8. The van der Waals surface area contributed by atoms with Gasteiger partial charge in [-0.2, -0.15) is 0 Å². The van der Waals surface area contributed by atoms with E-state index in [4.69, 9.17) is 0 Å². The largest absolute Gasteiger partial charge is 0.345 e. The Kier molecular flexibility index (Phi) is 3.46. The molecule has 1 saturated heterocycles. The third kappa shape index (κ3) is 2.36. The van der Waals surface area contributed by atoms with Gasteiger partial charge in [0.15, 0.2) is 0 Å². The van der Waals surface area contributed by atoms with Crippen LogP contribution in [0.25, 0.3) is 0 Å². The van der Waals surface area contributed by atoms with E-state index in [0.29, 0.717) is 5.92 Å². The lowest BCUT2D eigenvalue weighted by molar-refractivity contribution is -0.146. The normalized spacial score (nSPS) is 25.8. The number of hydrogen-bond acceptors (Lipinski definition) is 2. The number of rotatable bonds is 5. The minimum atomic E-state index is -0.168. The lowest BCUT2D eigenvalue weighted by Gasteiger charge is -2.35. The standard InChI is InChI=1S/C12H20N2O2/c1-2-3-4-7-14-10(15)8-13-12(16)11(14)9-5-6-9/h9,11H,2-8H2,1H3,(H,13,16). The predicted octanol–water partition coefficient (Wildman–Crippen LogP) is 0.914. The lowest BCUT2D eigenvalue weighted by atomic mass is 10.1. The molecule has 2 amide bonds. The van der Waals surface area contributed by atoms with Gasteiger partial charge in [0.05, 0.1) is 6.54 Å². The second-order valence-electron chi connectivity index (χ2n) is 4.79. The molecule has 2 aliphatic rings. The first-order valence-corrected chi connectivity index (χ1v) is 6.31. The summed E-state index contributed by atoms with van der Waals surface area (Å²) in [5.41, 5.74) is 0. The highest BCUT2D eigenvalue weighted by Crippen LogP contribution is 2.36. The van der Waals surface area contributed by atoms with Crippen LogP contribution in [0.2, 0.25) is 0 Å². The summed E-state index contributed by atoms with van der Waals surface area (Å²) in [6.07, 6.45) is 5.47. The number of amides is 2. The Morgan fingerprint density at radius 1 is 1.31 bits per heavy atom. The minimum Gasteiger partial charge on any atom is -0.345 e. The summed E-state index contributed by atoms with van der Waals surface area (Å²) in [5, 5.41) is 2.69. The summed E-state index contributed by atoms with van der Waals surface area (Å²) in [5.74, 6) is 0.567. The van der Waals surface area contributed by atoms with Crippen LogP contribution >= 0.6 is 0 Å². The molecule has 0 aromatic rings. The second-order valence-corrected chi connectivity index (χ2v) is 4.79. The molecule has 0 aromatic carbocycles. The number of hydrogen-bond donors (Lipinski definition) is 1. The minimum absolute atomic E-state index is 0.0543. The van der Waals surface area contributed by atoms with Crippen molar-refractivity contribution >= 4 is 11.8 Å². The lowest BCUT2D eigenvalue weighted by Crippen LogP contribution is -2.59. The van der Waals surface area contributed by atoms with E-state index in [2.05, 4.69) is 12.2 Å². The highest BCUT2D eigenvalue weighted by molar-refractivity contribution is 5.95. The first-order valence-electron chi connectivity index (χ1n) is 6.31. The molecule has 1 atom stereocenters. The SMILES string of the molecule is CCCCCN1C(=O)CNC(=O)C1C1CC1. The quantitative estimate of drug-likeness (QED) is 0.706. The molecule has 0 radical (unpaired) electrons. The number of unbranched alkanes of at least 4 members (excludes halogenated alkanes) is 2. The molecule has 1 N–H and O–H groups in total. The fourth-order valence-electron chi connectivity index (χ4n) is 2.34. The van der Waals surface area contributed by atoms with Gasteiger partial charge in [-0.05, 0) is 25.2 Å². The summed E-state index contributed by atoms with van der Waals surface area (Å²) in [7, 11) is 0.